The molecule has 0 aliphatic heterocycles. The van der Waals surface area contributed by atoms with Crippen LogP contribution in [-0.2, 0) is 0 Å². The van der Waals surface area contributed by atoms with Gasteiger partial charge in [0, 0.05) is 29.0 Å². The van der Waals surface area contributed by atoms with Crippen LogP contribution in [0.25, 0.3) is 32.5 Å². The van der Waals surface area contributed by atoms with Gasteiger partial charge in [-0.25, -0.2) is 19.3 Å². The van der Waals surface area contributed by atoms with Crippen molar-refractivity contribution in [3.63, 3.8) is 0 Å². The van der Waals surface area contributed by atoms with Crippen LogP contribution in [-0.4, -0.2) is 19.9 Å². The smallest absolute Gasteiger partial charge is 0.162 e. The number of nitrogens with zero attached hydrogens (tertiary/aromatic N) is 4. The molecule has 0 saturated carbocycles. The maximum atomic E-state index is 14.5. The molecule has 0 atom stereocenters. The lowest BCUT2D eigenvalue weighted by Gasteiger charge is -2.11. The molecule has 0 unspecified atom stereocenters. The van der Waals surface area contributed by atoms with E-state index in [2.05, 4.69) is 25.3 Å². The highest BCUT2D eigenvalue weighted by Gasteiger charge is 2.13. The summed E-state index contributed by atoms with van der Waals surface area (Å²) >= 11 is 1.63. The molecule has 136 valence electrons. The van der Waals surface area contributed by atoms with Gasteiger partial charge in [0.05, 0.1) is 15.2 Å². The SMILES string of the molecule is Cc1nc2ccc(Nc3nc(-c4ccncc4)nc4c(F)cccc34)cc2s1. The summed E-state index contributed by atoms with van der Waals surface area (Å²) in [5.41, 5.74) is 2.88. The van der Waals surface area contributed by atoms with E-state index < -0.39 is 0 Å². The summed E-state index contributed by atoms with van der Waals surface area (Å²) in [6.45, 7) is 1.99. The van der Waals surface area contributed by atoms with Gasteiger partial charge in [-0.05, 0) is 49.4 Å². The molecule has 1 N–H and O–H groups in total. The first kappa shape index (κ1) is 16.7. The van der Waals surface area contributed by atoms with Gasteiger partial charge in [-0.1, -0.05) is 6.07 Å². The van der Waals surface area contributed by atoms with Crippen LogP contribution in [0.5, 0.6) is 0 Å². The van der Waals surface area contributed by atoms with E-state index in [4.69, 9.17) is 0 Å². The fourth-order valence-corrected chi connectivity index (χ4v) is 3.96. The van der Waals surface area contributed by atoms with Gasteiger partial charge < -0.3 is 5.32 Å². The Kier molecular flexibility index (Phi) is 3.95. The van der Waals surface area contributed by atoms with E-state index in [9.17, 15) is 4.39 Å². The highest BCUT2D eigenvalue weighted by Crippen LogP contribution is 2.30. The standard InChI is InChI=1S/C21H14FN5S/c1-12-24-17-6-5-14(11-18(17)28-12)25-21-15-3-2-4-16(22)19(15)26-20(27-21)13-7-9-23-10-8-13/h2-11H,1H3,(H,25,26,27). The molecule has 0 bridgehead atoms. The van der Waals surface area contributed by atoms with Crippen molar-refractivity contribution in [1.29, 1.82) is 0 Å². The Morgan fingerprint density at radius 3 is 2.68 bits per heavy atom. The van der Waals surface area contributed by atoms with Gasteiger partial charge in [0.15, 0.2) is 5.82 Å². The molecule has 28 heavy (non-hydrogen) atoms. The first-order chi connectivity index (χ1) is 13.7. The molecule has 0 saturated heterocycles. The summed E-state index contributed by atoms with van der Waals surface area (Å²) in [5, 5.41) is 4.97. The van der Waals surface area contributed by atoms with E-state index >= 15 is 0 Å². The summed E-state index contributed by atoms with van der Waals surface area (Å²) in [6, 6.07) is 14.4. The summed E-state index contributed by atoms with van der Waals surface area (Å²) in [4.78, 5) is 17.6. The molecule has 0 spiro atoms. The average molecular weight is 387 g/mol. The molecule has 3 heterocycles. The minimum absolute atomic E-state index is 0.279. The zero-order chi connectivity index (χ0) is 19.1. The van der Waals surface area contributed by atoms with E-state index in [1.807, 2.05) is 31.2 Å². The summed E-state index contributed by atoms with van der Waals surface area (Å²) < 4.78 is 15.6. The Morgan fingerprint density at radius 2 is 1.82 bits per heavy atom. The van der Waals surface area contributed by atoms with Gasteiger partial charge in [-0.2, -0.15) is 0 Å². The van der Waals surface area contributed by atoms with Crippen molar-refractivity contribution in [3.05, 3.63) is 71.7 Å². The fourth-order valence-electron chi connectivity index (χ4n) is 3.10. The van der Waals surface area contributed by atoms with Crippen LogP contribution >= 0.6 is 11.3 Å². The van der Waals surface area contributed by atoms with Crippen LogP contribution in [0.4, 0.5) is 15.9 Å². The first-order valence-electron chi connectivity index (χ1n) is 8.68. The molecule has 0 aliphatic carbocycles. The maximum absolute atomic E-state index is 14.5. The van der Waals surface area contributed by atoms with E-state index in [0.29, 0.717) is 17.0 Å². The third kappa shape index (κ3) is 2.95. The topological polar surface area (TPSA) is 63.6 Å². The number of hydrogen-bond acceptors (Lipinski definition) is 6. The lowest BCUT2D eigenvalue weighted by molar-refractivity contribution is 0.636. The van der Waals surface area contributed by atoms with E-state index in [1.165, 1.54) is 6.07 Å². The summed E-state index contributed by atoms with van der Waals surface area (Å²) in [6.07, 6.45) is 3.33. The molecule has 0 fully saturated rings. The molecule has 0 amide bonds. The molecular formula is C21H14FN5S. The van der Waals surface area contributed by atoms with Crippen molar-refractivity contribution >= 4 is 44.0 Å². The highest BCUT2D eigenvalue weighted by molar-refractivity contribution is 7.18. The molecule has 3 aromatic heterocycles. The Balaban J connectivity index is 1.67. The lowest BCUT2D eigenvalue weighted by Crippen LogP contribution is -2.00. The number of hydrogen-bond donors (Lipinski definition) is 1. The fraction of sp³-hybridized carbons (Fsp3) is 0.0476. The van der Waals surface area contributed by atoms with Crippen LogP contribution in [0.1, 0.15) is 5.01 Å². The van der Waals surface area contributed by atoms with Crippen molar-refractivity contribution < 1.29 is 4.39 Å². The molecule has 2 aromatic carbocycles. The second-order valence-electron chi connectivity index (χ2n) is 6.31. The Labute approximate surface area is 164 Å². The van der Waals surface area contributed by atoms with Crippen molar-refractivity contribution in [1.82, 2.24) is 19.9 Å². The monoisotopic (exact) mass is 387 g/mol. The number of halogens is 1. The van der Waals surface area contributed by atoms with Gasteiger partial charge in [0.1, 0.15) is 17.2 Å². The predicted molar refractivity (Wildman–Crippen MR) is 110 cm³/mol. The van der Waals surface area contributed by atoms with Gasteiger partial charge in [0.2, 0.25) is 0 Å². The number of anilines is 2. The van der Waals surface area contributed by atoms with Crippen LogP contribution in [0.15, 0.2) is 60.9 Å². The number of fused-ring (bicyclic) bond motifs is 2. The number of thiazole rings is 1. The Bertz CT molecular complexity index is 1320. The second kappa shape index (κ2) is 6.61. The van der Waals surface area contributed by atoms with E-state index in [0.717, 1.165) is 26.5 Å². The molecule has 5 aromatic rings. The van der Waals surface area contributed by atoms with Crippen molar-refractivity contribution in [3.8, 4) is 11.4 Å². The number of para-hydroxylation sites is 1. The lowest BCUT2D eigenvalue weighted by atomic mass is 10.2. The molecule has 5 nitrogen and oxygen atoms in total. The largest absolute Gasteiger partial charge is 0.340 e. The normalized spacial score (nSPS) is 11.2. The third-order valence-corrected chi connectivity index (χ3v) is 5.31. The third-order valence-electron chi connectivity index (χ3n) is 4.37. The quantitative estimate of drug-likeness (QED) is 0.443. The number of benzene rings is 2. The van der Waals surface area contributed by atoms with Gasteiger partial charge in [0.25, 0.3) is 0 Å². The summed E-state index contributed by atoms with van der Waals surface area (Å²) in [7, 11) is 0. The zero-order valence-electron chi connectivity index (χ0n) is 14.8. The molecule has 7 heteroatoms. The first-order valence-corrected chi connectivity index (χ1v) is 9.50. The van der Waals surface area contributed by atoms with Crippen LogP contribution in [0.2, 0.25) is 0 Å². The Morgan fingerprint density at radius 1 is 0.964 bits per heavy atom. The minimum atomic E-state index is -0.383. The average Bonchev–Trinajstić information content (AvgIpc) is 3.08. The Hall–Kier alpha value is -3.45. The minimum Gasteiger partial charge on any atom is -0.340 e. The molecular weight excluding hydrogens is 373 g/mol. The zero-order valence-corrected chi connectivity index (χ0v) is 15.7. The van der Waals surface area contributed by atoms with Crippen LogP contribution < -0.4 is 5.32 Å². The van der Waals surface area contributed by atoms with Crippen molar-refractivity contribution in [2.75, 3.05) is 5.32 Å². The molecule has 0 radical (unpaired) electrons. The number of rotatable bonds is 3. The van der Waals surface area contributed by atoms with Crippen molar-refractivity contribution in [2.45, 2.75) is 6.92 Å². The van der Waals surface area contributed by atoms with Gasteiger partial charge >= 0.3 is 0 Å². The highest BCUT2D eigenvalue weighted by atomic mass is 32.1. The van der Waals surface area contributed by atoms with Crippen LogP contribution in [0.3, 0.4) is 0 Å². The van der Waals surface area contributed by atoms with E-state index in [1.54, 1.807) is 41.9 Å². The molecule has 0 aliphatic rings. The second-order valence-corrected chi connectivity index (χ2v) is 7.54. The summed E-state index contributed by atoms with van der Waals surface area (Å²) in [5.74, 6) is 0.612. The maximum Gasteiger partial charge on any atom is 0.162 e. The number of nitrogens with one attached hydrogen (secondary N) is 1. The van der Waals surface area contributed by atoms with Crippen molar-refractivity contribution in [2.24, 2.45) is 0 Å². The van der Waals surface area contributed by atoms with Gasteiger partial charge in [-0.15, -0.1) is 11.3 Å². The number of aryl methyl sites for hydroxylation is 1. The van der Waals surface area contributed by atoms with E-state index in [-0.39, 0.29) is 11.3 Å². The predicted octanol–water partition coefficient (Wildman–Crippen LogP) is 5.49. The number of pyridine rings is 1. The number of aromatic nitrogens is 4. The van der Waals surface area contributed by atoms with Gasteiger partial charge in [-0.3, -0.25) is 4.98 Å². The molecule has 5 rings (SSSR count). The van der Waals surface area contributed by atoms with Crippen LogP contribution in [0, 0.1) is 12.7 Å².